The number of likely N-dealkylation sites (N-methyl/N-ethyl adjacent to an activating group) is 1. The summed E-state index contributed by atoms with van der Waals surface area (Å²) in [6.45, 7) is 0. The van der Waals surface area contributed by atoms with Crippen LogP contribution in [0.3, 0.4) is 0 Å². The average Bonchev–Trinajstić information content (AvgIpc) is 2.94. The molecule has 110 valence electrons. The van der Waals surface area contributed by atoms with Crippen LogP contribution in [0.5, 0.6) is 0 Å². The van der Waals surface area contributed by atoms with Crippen LogP contribution in [0.4, 0.5) is 4.39 Å². The van der Waals surface area contributed by atoms with Gasteiger partial charge in [0.25, 0.3) is 0 Å². The lowest BCUT2D eigenvalue weighted by Crippen LogP contribution is -2.19. The maximum absolute atomic E-state index is 14.0. The molecule has 0 saturated heterocycles. The largest absolute Gasteiger partial charge is 0.313 e. The number of hydrogen-bond acceptors (Lipinski definition) is 1. The van der Waals surface area contributed by atoms with Gasteiger partial charge in [0.1, 0.15) is 5.82 Å². The summed E-state index contributed by atoms with van der Waals surface area (Å²) in [6.07, 6.45) is 4.28. The zero-order valence-electron chi connectivity index (χ0n) is 12.1. The number of halogens is 2. The van der Waals surface area contributed by atoms with Crippen LogP contribution in [0.2, 0.25) is 0 Å². The molecule has 0 aliphatic heterocycles. The molecule has 3 heteroatoms. The SMILES string of the molecule is CNC(Cc1ccc(Br)cc1F)c1ccc2c(c1)CCC2. The number of nitrogens with one attached hydrogen (secondary N) is 1. The molecular formula is C18H19BrFN. The standard InChI is InChI=1S/C18H19BrFN/c1-21-18(10-14-7-8-16(19)11-17(14)20)15-6-5-12-3-2-4-13(12)9-15/h5-9,11,18,21H,2-4,10H2,1H3. The Balaban J connectivity index is 1.85. The predicted octanol–water partition coefficient (Wildman–Crippen LogP) is 4.58. The number of aryl methyl sites for hydroxylation is 2. The normalized spacial score (nSPS) is 15.0. The van der Waals surface area contributed by atoms with E-state index in [1.54, 1.807) is 0 Å². The van der Waals surface area contributed by atoms with Crippen molar-refractivity contribution in [3.05, 3.63) is 68.9 Å². The smallest absolute Gasteiger partial charge is 0.127 e. The van der Waals surface area contributed by atoms with E-state index in [4.69, 9.17) is 0 Å². The molecule has 0 saturated carbocycles. The Morgan fingerprint density at radius 1 is 1.14 bits per heavy atom. The Morgan fingerprint density at radius 3 is 2.71 bits per heavy atom. The molecule has 1 unspecified atom stereocenters. The number of benzene rings is 2. The van der Waals surface area contributed by atoms with Crippen LogP contribution in [0.25, 0.3) is 0 Å². The van der Waals surface area contributed by atoms with Gasteiger partial charge in [-0.25, -0.2) is 4.39 Å². The lowest BCUT2D eigenvalue weighted by Gasteiger charge is -2.18. The third-order valence-corrected chi connectivity index (χ3v) is 4.81. The molecular weight excluding hydrogens is 329 g/mol. The minimum atomic E-state index is -0.147. The van der Waals surface area contributed by atoms with Gasteiger partial charge in [-0.2, -0.15) is 0 Å². The highest BCUT2D eigenvalue weighted by Gasteiger charge is 2.16. The molecule has 0 spiro atoms. The molecule has 1 N–H and O–H groups in total. The monoisotopic (exact) mass is 347 g/mol. The Morgan fingerprint density at radius 2 is 1.95 bits per heavy atom. The first-order chi connectivity index (χ1) is 10.2. The fraction of sp³-hybridized carbons (Fsp3) is 0.333. The summed E-state index contributed by atoms with van der Waals surface area (Å²) in [7, 11) is 1.94. The van der Waals surface area contributed by atoms with E-state index in [9.17, 15) is 4.39 Å². The van der Waals surface area contributed by atoms with Crippen LogP contribution in [-0.2, 0) is 19.3 Å². The molecule has 0 radical (unpaired) electrons. The van der Waals surface area contributed by atoms with E-state index in [1.807, 2.05) is 19.2 Å². The maximum atomic E-state index is 14.0. The van der Waals surface area contributed by atoms with Crippen LogP contribution in [0.1, 0.15) is 34.7 Å². The summed E-state index contributed by atoms with van der Waals surface area (Å²) < 4.78 is 14.8. The van der Waals surface area contributed by atoms with E-state index >= 15 is 0 Å². The van der Waals surface area contributed by atoms with Crippen molar-refractivity contribution in [1.29, 1.82) is 0 Å². The third kappa shape index (κ3) is 3.19. The molecule has 1 aliphatic carbocycles. The van der Waals surface area contributed by atoms with Gasteiger partial charge in [0.05, 0.1) is 0 Å². The minimum Gasteiger partial charge on any atom is -0.313 e. The summed E-state index contributed by atoms with van der Waals surface area (Å²) >= 11 is 3.30. The first-order valence-corrected chi connectivity index (χ1v) is 8.19. The molecule has 21 heavy (non-hydrogen) atoms. The van der Waals surface area contributed by atoms with Crippen molar-refractivity contribution in [2.75, 3.05) is 7.05 Å². The molecule has 0 heterocycles. The highest BCUT2D eigenvalue weighted by atomic mass is 79.9. The summed E-state index contributed by atoms with van der Waals surface area (Å²) in [4.78, 5) is 0. The second kappa shape index (κ2) is 6.29. The number of hydrogen-bond donors (Lipinski definition) is 1. The quantitative estimate of drug-likeness (QED) is 0.853. The Hall–Kier alpha value is -1.19. The van der Waals surface area contributed by atoms with E-state index in [1.165, 1.54) is 42.0 Å². The van der Waals surface area contributed by atoms with Crippen molar-refractivity contribution in [3.63, 3.8) is 0 Å². The van der Waals surface area contributed by atoms with Gasteiger partial charge >= 0.3 is 0 Å². The topological polar surface area (TPSA) is 12.0 Å². The molecule has 2 aromatic rings. The van der Waals surface area contributed by atoms with E-state index < -0.39 is 0 Å². The zero-order chi connectivity index (χ0) is 14.8. The summed E-state index contributed by atoms with van der Waals surface area (Å²) in [6, 6.07) is 12.1. The second-order valence-electron chi connectivity index (χ2n) is 5.66. The van der Waals surface area contributed by atoms with Crippen LogP contribution in [-0.4, -0.2) is 7.05 Å². The average molecular weight is 348 g/mol. The summed E-state index contributed by atoms with van der Waals surface area (Å²) in [5.41, 5.74) is 4.94. The summed E-state index contributed by atoms with van der Waals surface area (Å²) in [5, 5.41) is 3.32. The fourth-order valence-corrected chi connectivity index (χ4v) is 3.44. The predicted molar refractivity (Wildman–Crippen MR) is 88.1 cm³/mol. The fourth-order valence-electron chi connectivity index (χ4n) is 3.10. The molecule has 1 nitrogen and oxygen atoms in total. The van der Waals surface area contributed by atoms with Crippen molar-refractivity contribution in [1.82, 2.24) is 5.32 Å². The van der Waals surface area contributed by atoms with Gasteiger partial charge in [-0.3, -0.25) is 0 Å². The van der Waals surface area contributed by atoms with Gasteiger partial charge < -0.3 is 5.32 Å². The zero-order valence-corrected chi connectivity index (χ0v) is 13.7. The number of rotatable bonds is 4. The Bertz CT molecular complexity index is 654. The first-order valence-electron chi connectivity index (χ1n) is 7.40. The molecule has 1 atom stereocenters. The molecule has 0 amide bonds. The van der Waals surface area contributed by atoms with Crippen molar-refractivity contribution < 1.29 is 4.39 Å². The minimum absolute atomic E-state index is 0.145. The number of fused-ring (bicyclic) bond motifs is 1. The second-order valence-corrected chi connectivity index (χ2v) is 6.58. The van der Waals surface area contributed by atoms with Gasteiger partial charge in [-0.15, -0.1) is 0 Å². The van der Waals surface area contributed by atoms with Gasteiger partial charge in [0.2, 0.25) is 0 Å². The van der Waals surface area contributed by atoms with Crippen LogP contribution in [0, 0.1) is 5.82 Å². The molecule has 1 aliphatic rings. The van der Waals surface area contributed by atoms with Gasteiger partial charge in [-0.1, -0.05) is 40.2 Å². The van der Waals surface area contributed by atoms with E-state index in [2.05, 4.69) is 39.4 Å². The van der Waals surface area contributed by atoms with Crippen molar-refractivity contribution in [2.24, 2.45) is 0 Å². The molecule has 0 bridgehead atoms. The van der Waals surface area contributed by atoms with Crippen molar-refractivity contribution in [2.45, 2.75) is 31.7 Å². The van der Waals surface area contributed by atoms with E-state index in [-0.39, 0.29) is 11.9 Å². The van der Waals surface area contributed by atoms with Crippen molar-refractivity contribution >= 4 is 15.9 Å². The van der Waals surface area contributed by atoms with Gasteiger partial charge in [0, 0.05) is 10.5 Å². The van der Waals surface area contributed by atoms with Crippen LogP contribution < -0.4 is 5.32 Å². The highest BCUT2D eigenvalue weighted by Crippen LogP contribution is 2.27. The van der Waals surface area contributed by atoms with Crippen LogP contribution >= 0.6 is 15.9 Å². The van der Waals surface area contributed by atoms with E-state index in [0.717, 1.165) is 10.0 Å². The molecule has 0 fully saturated rings. The third-order valence-electron chi connectivity index (χ3n) is 4.31. The van der Waals surface area contributed by atoms with Gasteiger partial charge in [0.15, 0.2) is 0 Å². The maximum Gasteiger partial charge on any atom is 0.127 e. The van der Waals surface area contributed by atoms with Crippen LogP contribution in [0.15, 0.2) is 40.9 Å². The molecule has 2 aromatic carbocycles. The lowest BCUT2D eigenvalue weighted by molar-refractivity contribution is 0.553. The van der Waals surface area contributed by atoms with Crippen molar-refractivity contribution in [3.8, 4) is 0 Å². The Kier molecular flexibility index (Phi) is 4.41. The van der Waals surface area contributed by atoms with E-state index in [0.29, 0.717) is 6.42 Å². The first kappa shape index (κ1) is 14.7. The lowest BCUT2D eigenvalue weighted by atomic mass is 9.96. The molecule has 3 rings (SSSR count). The highest BCUT2D eigenvalue weighted by molar-refractivity contribution is 9.10. The van der Waals surface area contributed by atoms with Gasteiger partial charge in [-0.05, 0) is 67.1 Å². The Labute approximate surface area is 133 Å². The summed E-state index contributed by atoms with van der Waals surface area (Å²) in [5.74, 6) is -0.147. The molecule has 0 aromatic heterocycles.